The smallest absolute Gasteiger partial charge is 0.217 e. The molecule has 2 heterocycles. The molecule has 0 radical (unpaired) electrons. The molecule has 1 aromatic rings. The van der Waals surface area contributed by atoms with Crippen LogP contribution in [0, 0.1) is 11.8 Å². The molecular formula is C15H23N3O3S. The summed E-state index contributed by atoms with van der Waals surface area (Å²) in [6, 6.07) is 0. The third kappa shape index (κ3) is 3.07. The van der Waals surface area contributed by atoms with Crippen LogP contribution >= 0.6 is 0 Å². The maximum absolute atomic E-state index is 12.6. The van der Waals surface area contributed by atoms with Crippen molar-refractivity contribution in [1.82, 2.24) is 13.9 Å². The Morgan fingerprint density at radius 3 is 2.64 bits per heavy atom. The van der Waals surface area contributed by atoms with E-state index in [1.54, 1.807) is 16.8 Å². The summed E-state index contributed by atoms with van der Waals surface area (Å²) in [6.07, 6.45) is 7.75. The minimum absolute atomic E-state index is 0.157. The molecule has 0 saturated heterocycles. The molecule has 122 valence electrons. The summed E-state index contributed by atoms with van der Waals surface area (Å²) in [5.74, 6) is 0.934. The predicted octanol–water partition coefficient (Wildman–Crippen LogP) is 1.23. The van der Waals surface area contributed by atoms with Crippen molar-refractivity contribution in [1.29, 1.82) is 0 Å². The van der Waals surface area contributed by atoms with Gasteiger partial charge in [-0.3, -0.25) is 0 Å². The summed E-state index contributed by atoms with van der Waals surface area (Å²) >= 11 is 0. The number of aromatic nitrogens is 2. The summed E-state index contributed by atoms with van der Waals surface area (Å²) < 4.78 is 34.8. The number of hydrogen-bond donors (Lipinski definition) is 0. The molecule has 3 aliphatic rings. The molecule has 0 aromatic carbocycles. The number of sulfonamides is 1. The first-order valence-electron chi connectivity index (χ1n) is 8.18. The van der Waals surface area contributed by atoms with Gasteiger partial charge in [-0.15, -0.1) is 0 Å². The zero-order valence-corrected chi connectivity index (χ0v) is 13.5. The fraction of sp³-hybridized carbons (Fsp3) is 0.800. The van der Waals surface area contributed by atoms with E-state index in [2.05, 4.69) is 9.55 Å². The molecule has 22 heavy (non-hydrogen) atoms. The van der Waals surface area contributed by atoms with Crippen LogP contribution in [0.2, 0.25) is 0 Å². The molecule has 2 aliphatic carbocycles. The Labute approximate surface area is 131 Å². The zero-order chi connectivity index (χ0) is 15.2. The van der Waals surface area contributed by atoms with Crippen LogP contribution in [-0.2, 0) is 27.8 Å². The van der Waals surface area contributed by atoms with Gasteiger partial charge in [-0.05, 0) is 31.6 Å². The normalized spacial score (nSPS) is 26.6. The molecule has 2 fully saturated rings. The summed E-state index contributed by atoms with van der Waals surface area (Å²) in [4.78, 5) is 4.18. The van der Waals surface area contributed by atoms with Gasteiger partial charge in [-0.2, -0.15) is 4.31 Å². The Balaban J connectivity index is 1.49. The SMILES string of the molecule is O=S(=O)(C1CC1)N1Cc2cncn2C[C@H](COCC2CC2)C1. The minimum Gasteiger partial charge on any atom is -0.381 e. The van der Waals surface area contributed by atoms with Crippen molar-refractivity contribution in [3.8, 4) is 0 Å². The maximum atomic E-state index is 12.6. The first-order valence-corrected chi connectivity index (χ1v) is 9.69. The second-order valence-electron chi connectivity index (χ2n) is 6.92. The molecule has 0 N–H and O–H groups in total. The van der Waals surface area contributed by atoms with Gasteiger partial charge in [0.25, 0.3) is 0 Å². The van der Waals surface area contributed by atoms with E-state index in [-0.39, 0.29) is 11.2 Å². The monoisotopic (exact) mass is 325 g/mol. The highest BCUT2D eigenvalue weighted by Crippen LogP contribution is 2.33. The number of hydrogen-bond acceptors (Lipinski definition) is 4. The van der Waals surface area contributed by atoms with E-state index in [0.29, 0.717) is 19.7 Å². The Bertz CT molecular complexity index is 634. The van der Waals surface area contributed by atoms with Crippen LogP contribution in [0.4, 0.5) is 0 Å². The zero-order valence-electron chi connectivity index (χ0n) is 12.7. The fourth-order valence-corrected chi connectivity index (χ4v) is 4.96. The third-order valence-corrected chi connectivity index (χ3v) is 7.07. The molecule has 0 spiro atoms. The van der Waals surface area contributed by atoms with Crippen molar-refractivity contribution in [3.63, 3.8) is 0 Å². The van der Waals surface area contributed by atoms with Crippen LogP contribution in [0.1, 0.15) is 31.4 Å². The highest BCUT2D eigenvalue weighted by Gasteiger charge is 2.41. The molecule has 0 bridgehead atoms. The van der Waals surface area contributed by atoms with Gasteiger partial charge in [-0.25, -0.2) is 13.4 Å². The average Bonchev–Trinajstić information content (AvgIpc) is 3.36. The number of rotatable bonds is 6. The highest BCUT2D eigenvalue weighted by atomic mass is 32.2. The van der Waals surface area contributed by atoms with E-state index in [4.69, 9.17) is 4.74 Å². The predicted molar refractivity (Wildman–Crippen MR) is 81.6 cm³/mol. The first kappa shape index (κ1) is 14.7. The van der Waals surface area contributed by atoms with Gasteiger partial charge < -0.3 is 9.30 Å². The summed E-state index contributed by atoms with van der Waals surface area (Å²) in [6.45, 7) is 3.24. The third-order valence-electron chi connectivity index (χ3n) is 4.76. The van der Waals surface area contributed by atoms with Crippen LogP contribution in [0.15, 0.2) is 12.5 Å². The molecular weight excluding hydrogens is 302 g/mol. The van der Waals surface area contributed by atoms with E-state index in [0.717, 1.165) is 37.6 Å². The lowest BCUT2D eigenvalue weighted by molar-refractivity contribution is 0.0807. The van der Waals surface area contributed by atoms with Crippen molar-refractivity contribution in [2.75, 3.05) is 19.8 Å². The lowest BCUT2D eigenvalue weighted by Crippen LogP contribution is -2.37. The molecule has 7 heteroatoms. The van der Waals surface area contributed by atoms with Crippen LogP contribution in [0.3, 0.4) is 0 Å². The van der Waals surface area contributed by atoms with Gasteiger partial charge >= 0.3 is 0 Å². The van der Waals surface area contributed by atoms with Gasteiger partial charge in [0.15, 0.2) is 0 Å². The fourth-order valence-electron chi connectivity index (χ4n) is 3.08. The molecule has 0 unspecified atom stereocenters. The van der Waals surface area contributed by atoms with E-state index in [1.165, 1.54) is 12.8 Å². The Morgan fingerprint density at radius 2 is 1.91 bits per heavy atom. The standard InChI is InChI=1S/C15H23N3O3S/c19-22(20,15-3-4-15)18-7-13(10-21-9-12-1-2-12)6-17-11-16-5-14(17)8-18/h5,11-13,15H,1-4,6-10H2/t13-/m0/s1. The Kier molecular flexibility index (Phi) is 3.74. The van der Waals surface area contributed by atoms with Gasteiger partial charge in [0.2, 0.25) is 10.0 Å². The topological polar surface area (TPSA) is 64.4 Å². The van der Waals surface area contributed by atoms with E-state index >= 15 is 0 Å². The molecule has 1 aliphatic heterocycles. The van der Waals surface area contributed by atoms with Gasteiger partial charge in [0.1, 0.15) is 0 Å². The van der Waals surface area contributed by atoms with E-state index in [1.807, 2.05) is 0 Å². The van der Waals surface area contributed by atoms with Crippen molar-refractivity contribution in [2.24, 2.45) is 11.8 Å². The second kappa shape index (κ2) is 5.62. The van der Waals surface area contributed by atoms with E-state index < -0.39 is 10.0 Å². The van der Waals surface area contributed by atoms with Gasteiger partial charge in [0.05, 0.1) is 30.4 Å². The molecule has 0 amide bonds. The van der Waals surface area contributed by atoms with Crippen molar-refractivity contribution in [3.05, 3.63) is 18.2 Å². The quantitative estimate of drug-likeness (QED) is 0.789. The minimum atomic E-state index is -3.16. The van der Waals surface area contributed by atoms with Crippen LogP contribution < -0.4 is 0 Å². The van der Waals surface area contributed by atoms with Gasteiger partial charge in [-0.1, -0.05) is 0 Å². The van der Waals surface area contributed by atoms with Crippen molar-refractivity contribution < 1.29 is 13.2 Å². The molecule has 2 saturated carbocycles. The van der Waals surface area contributed by atoms with Crippen molar-refractivity contribution in [2.45, 2.75) is 44.0 Å². The maximum Gasteiger partial charge on any atom is 0.217 e. The van der Waals surface area contributed by atoms with Crippen LogP contribution in [0.5, 0.6) is 0 Å². The lowest BCUT2D eigenvalue weighted by atomic mass is 10.1. The Morgan fingerprint density at radius 1 is 1.14 bits per heavy atom. The number of nitrogens with zero attached hydrogens (tertiary/aromatic N) is 3. The van der Waals surface area contributed by atoms with Gasteiger partial charge in [0, 0.05) is 31.8 Å². The molecule has 1 aromatic heterocycles. The molecule has 4 rings (SSSR count). The lowest BCUT2D eigenvalue weighted by Gasteiger charge is -2.23. The average molecular weight is 325 g/mol. The van der Waals surface area contributed by atoms with Crippen LogP contribution in [0.25, 0.3) is 0 Å². The van der Waals surface area contributed by atoms with E-state index in [9.17, 15) is 8.42 Å². The largest absolute Gasteiger partial charge is 0.381 e. The summed E-state index contributed by atoms with van der Waals surface area (Å²) in [7, 11) is -3.16. The summed E-state index contributed by atoms with van der Waals surface area (Å²) in [5, 5.41) is -0.157. The first-order chi connectivity index (χ1) is 10.6. The molecule has 6 nitrogen and oxygen atoms in total. The number of ether oxygens (including phenoxy) is 1. The molecule has 1 atom stereocenters. The van der Waals surface area contributed by atoms with Crippen molar-refractivity contribution >= 4 is 10.0 Å². The highest BCUT2D eigenvalue weighted by molar-refractivity contribution is 7.90. The number of fused-ring (bicyclic) bond motifs is 1. The van der Waals surface area contributed by atoms with Crippen LogP contribution in [-0.4, -0.2) is 47.3 Å². The Hall–Kier alpha value is -0.920. The number of imidazole rings is 1. The summed E-state index contributed by atoms with van der Waals surface area (Å²) in [5.41, 5.74) is 0.980. The second-order valence-corrected chi connectivity index (χ2v) is 9.13.